The van der Waals surface area contributed by atoms with E-state index in [0.717, 1.165) is 32.6 Å². The number of nitrogens with one attached hydrogen (secondary N) is 1. The van der Waals surface area contributed by atoms with E-state index in [4.69, 9.17) is 16.3 Å². The van der Waals surface area contributed by atoms with Crippen LogP contribution >= 0.6 is 11.6 Å². The second-order valence-corrected chi connectivity index (χ2v) is 9.19. The van der Waals surface area contributed by atoms with Crippen molar-refractivity contribution >= 4 is 44.0 Å². The van der Waals surface area contributed by atoms with E-state index in [0.29, 0.717) is 10.7 Å². The average molecular weight is 447 g/mol. The third-order valence-corrected chi connectivity index (χ3v) is 6.11. The van der Waals surface area contributed by atoms with Crippen molar-refractivity contribution in [2.75, 3.05) is 30.3 Å². The van der Waals surface area contributed by atoms with Gasteiger partial charge >= 0.3 is 0 Å². The van der Waals surface area contributed by atoms with E-state index in [-0.39, 0.29) is 19.7 Å². The Balaban J connectivity index is 1.59. The van der Waals surface area contributed by atoms with Crippen LogP contribution in [0.25, 0.3) is 10.8 Å². The van der Waals surface area contributed by atoms with E-state index in [2.05, 4.69) is 5.32 Å². The van der Waals surface area contributed by atoms with E-state index in [1.807, 2.05) is 49.4 Å². The number of anilines is 1. The number of aryl methyl sites for hydroxylation is 1. The maximum atomic E-state index is 12.3. The number of carbonyl (C=O) groups is 1. The van der Waals surface area contributed by atoms with Crippen molar-refractivity contribution in [3.8, 4) is 5.75 Å². The lowest BCUT2D eigenvalue weighted by Gasteiger charge is -2.22. The minimum Gasteiger partial charge on any atom is -0.491 e. The number of carbonyl (C=O) groups excluding carboxylic acids is 1. The number of hydrogen-bond donors (Lipinski definition) is 1. The van der Waals surface area contributed by atoms with Crippen LogP contribution in [0.1, 0.15) is 5.56 Å². The molecule has 1 amide bonds. The molecule has 0 bridgehead atoms. The predicted octanol–water partition coefficient (Wildman–Crippen LogP) is 3.76. The average Bonchev–Trinajstić information content (AvgIpc) is 2.71. The van der Waals surface area contributed by atoms with Gasteiger partial charge in [-0.15, -0.1) is 0 Å². The van der Waals surface area contributed by atoms with Gasteiger partial charge in [0, 0.05) is 10.4 Å². The van der Waals surface area contributed by atoms with E-state index < -0.39 is 15.9 Å². The van der Waals surface area contributed by atoms with Gasteiger partial charge in [-0.2, -0.15) is 0 Å². The zero-order valence-corrected chi connectivity index (χ0v) is 18.3. The minimum absolute atomic E-state index is 0.244. The quantitative estimate of drug-likeness (QED) is 0.534. The minimum atomic E-state index is -3.66. The van der Waals surface area contributed by atoms with Crippen LogP contribution in [0.3, 0.4) is 0 Å². The molecule has 0 spiro atoms. The van der Waals surface area contributed by atoms with Crippen molar-refractivity contribution in [2.45, 2.75) is 6.92 Å². The van der Waals surface area contributed by atoms with Crippen molar-refractivity contribution in [2.24, 2.45) is 0 Å². The van der Waals surface area contributed by atoms with Crippen LogP contribution in [0, 0.1) is 6.92 Å². The Labute approximate surface area is 181 Å². The summed E-state index contributed by atoms with van der Waals surface area (Å²) < 4.78 is 31.2. The number of rotatable bonds is 8. The molecule has 0 heterocycles. The van der Waals surface area contributed by atoms with Crippen molar-refractivity contribution in [3.05, 3.63) is 71.2 Å². The molecule has 0 aliphatic carbocycles. The molecule has 0 saturated heterocycles. The number of ether oxygens (including phenoxy) is 1. The number of halogens is 1. The summed E-state index contributed by atoms with van der Waals surface area (Å²) in [6.07, 6.45) is 1.05. The van der Waals surface area contributed by atoms with E-state index in [1.165, 1.54) is 6.07 Å². The third kappa shape index (κ3) is 5.43. The summed E-state index contributed by atoms with van der Waals surface area (Å²) in [5, 5.41) is 5.19. The van der Waals surface area contributed by atoms with Gasteiger partial charge in [0.2, 0.25) is 15.9 Å². The van der Waals surface area contributed by atoms with Crippen molar-refractivity contribution in [1.29, 1.82) is 0 Å². The molecule has 0 aromatic heterocycles. The molecule has 0 unspecified atom stereocenters. The monoisotopic (exact) mass is 446 g/mol. The van der Waals surface area contributed by atoms with Gasteiger partial charge in [-0.25, -0.2) is 8.42 Å². The molecule has 0 saturated carbocycles. The van der Waals surface area contributed by atoms with Crippen molar-refractivity contribution < 1.29 is 17.9 Å². The van der Waals surface area contributed by atoms with E-state index in [9.17, 15) is 13.2 Å². The number of benzene rings is 3. The second kappa shape index (κ2) is 9.36. The van der Waals surface area contributed by atoms with Gasteiger partial charge in [0.25, 0.3) is 0 Å². The first-order valence-electron chi connectivity index (χ1n) is 9.37. The summed E-state index contributed by atoms with van der Waals surface area (Å²) in [5.74, 6) is 0.299. The number of nitrogens with zero attached hydrogens (tertiary/aromatic N) is 1. The Morgan fingerprint density at radius 2 is 1.83 bits per heavy atom. The smallest absolute Gasteiger partial charge is 0.240 e. The zero-order valence-electron chi connectivity index (χ0n) is 16.8. The summed E-state index contributed by atoms with van der Waals surface area (Å²) in [6, 6.07) is 18.5. The molecule has 0 radical (unpaired) electrons. The van der Waals surface area contributed by atoms with Crippen LogP contribution in [0.5, 0.6) is 5.75 Å². The fraction of sp³-hybridized carbons (Fsp3) is 0.227. The molecule has 3 aromatic carbocycles. The van der Waals surface area contributed by atoms with E-state index in [1.54, 1.807) is 12.1 Å². The van der Waals surface area contributed by atoms with Gasteiger partial charge in [0.1, 0.15) is 18.9 Å². The molecule has 0 fully saturated rings. The fourth-order valence-corrected chi connectivity index (χ4v) is 4.02. The second-order valence-electron chi connectivity index (χ2n) is 6.88. The van der Waals surface area contributed by atoms with Crippen LogP contribution in [0.4, 0.5) is 5.69 Å². The van der Waals surface area contributed by atoms with Gasteiger partial charge in [0.05, 0.1) is 18.5 Å². The summed E-state index contributed by atoms with van der Waals surface area (Å²) in [6.45, 7) is 1.98. The number of amides is 1. The molecule has 30 heavy (non-hydrogen) atoms. The number of hydrogen-bond acceptors (Lipinski definition) is 4. The normalized spacial score (nSPS) is 11.3. The van der Waals surface area contributed by atoms with Crippen molar-refractivity contribution in [3.63, 3.8) is 0 Å². The lowest BCUT2D eigenvalue weighted by Crippen LogP contribution is -2.41. The first-order chi connectivity index (χ1) is 14.3. The van der Waals surface area contributed by atoms with Gasteiger partial charge in [-0.1, -0.05) is 54.1 Å². The third-order valence-electron chi connectivity index (χ3n) is 4.56. The molecule has 158 valence electrons. The molecule has 3 rings (SSSR count). The summed E-state index contributed by atoms with van der Waals surface area (Å²) in [4.78, 5) is 12.3. The highest BCUT2D eigenvalue weighted by Gasteiger charge is 2.21. The van der Waals surface area contributed by atoms with Crippen molar-refractivity contribution in [1.82, 2.24) is 5.32 Å². The maximum Gasteiger partial charge on any atom is 0.240 e. The highest BCUT2D eigenvalue weighted by atomic mass is 35.5. The molecule has 0 atom stereocenters. The van der Waals surface area contributed by atoms with Crippen LogP contribution in [0.2, 0.25) is 5.02 Å². The van der Waals surface area contributed by atoms with Crippen LogP contribution in [-0.2, 0) is 14.8 Å². The standard InChI is InChI=1S/C22H23ClN2O4S/c1-16-10-11-18(14-20(16)23)25(30(2,27)28)15-22(26)24-12-13-29-21-9-5-7-17-6-3-4-8-19(17)21/h3-11,14H,12-13,15H2,1-2H3,(H,24,26). The van der Waals surface area contributed by atoms with Crippen LogP contribution < -0.4 is 14.4 Å². The topological polar surface area (TPSA) is 75.7 Å². The summed E-state index contributed by atoms with van der Waals surface area (Å²) in [7, 11) is -3.66. The first-order valence-corrected chi connectivity index (χ1v) is 11.6. The fourth-order valence-electron chi connectivity index (χ4n) is 3.00. The summed E-state index contributed by atoms with van der Waals surface area (Å²) >= 11 is 6.11. The molecular formula is C22H23ClN2O4S. The highest BCUT2D eigenvalue weighted by Crippen LogP contribution is 2.25. The van der Waals surface area contributed by atoms with Crippen LogP contribution in [0.15, 0.2) is 60.7 Å². The Bertz CT molecular complexity index is 1160. The Morgan fingerprint density at radius 3 is 2.57 bits per heavy atom. The highest BCUT2D eigenvalue weighted by molar-refractivity contribution is 7.92. The lowest BCUT2D eigenvalue weighted by molar-refractivity contribution is -0.119. The largest absolute Gasteiger partial charge is 0.491 e. The van der Waals surface area contributed by atoms with Gasteiger partial charge in [0.15, 0.2) is 0 Å². The zero-order chi connectivity index (χ0) is 21.7. The first kappa shape index (κ1) is 21.9. The molecule has 3 aromatic rings. The molecule has 0 aliphatic rings. The number of fused-ring (bicyclic) bond motifs is 1. The van der Waals surface area contributed by atoms with E-state index >= 15 is 0 Å². The van der Waals surface area contributed by atoms with Gasteiger partial charge in [-0.05, 0) is 36.1 Å². The summed E-state index contributed by atoms with van der Waals surface area (Å²) in [5.41, 5.74) is 1.17. The SMILES string of the molecule is Cc1ccc(N(CC(=O)NCCOc2cccc3ccccc23)S(C)(=O)=O)cc1Cl. The molecular weight excluding hydrogens is 424 g/mol. The van der Waals surface area contributed by atoms with Gasteiger partial charge in [-0.3, -0.25) is 9.10 Å². The Kier molecular flexibility index (Phi) is 6.84. The lowest BCUT2D eigenvalue weighted by atomic mass is 10.1. The molecule has 8 heteroatoms. The number of sulfonamides is 1. The molecule has 6 nitrogen and oxygen atoms in total. The molecule has 1 N–H and O–H groups in total. The van der Waals surface area contributed by atoms with Crippen LogP contribution in [-0.4, -0.2) is 40.3 Å². The Morgan fingerprint density at radius 1 is 1.10 bits per heavy atom. The maximum absolute atomic E-state index is 12.3. The van der Waals surface area contributed by atoms with Gasteiger partial charge < -0.3 is 10.1 Å². The Hall–Kier alpha value is -2.77. The molecule has 0 aliphatic heterocycles. The predicted molar refractivity (Wildman–Crippen MR) is 121 cm³/mol.